The molecule has 0 fully saturated rings. The van der Waals surface area contributed by atoms with Crippen LogP contribution in [0.3, 0.4) is 0 Å². The van der Waals surface area contributed by atoms with Gasteiger partial charge in [0.15, 0.2) is 4.34 Å². The van der Waals surface area contributed by atoms with Crippen molar-refractivity contribution in [1.29, 1.82) is 0 Å². The second-order valence-corrected chi connectivity index (χ2v) is 7.92. The number of aromatic nitrogens is 3. The Labute approximate surface area is 163 Å². The minimum absolute atomic E-state index is 0.221. The maximum Gasteiger partial charge on any atom is 0.275 e. The normalized spacial score (nSPS) is 11.4. The number of rotatable bonds is 5. The monoisotopic (exact) mass is 395 g/mol. The third-order valence-corrected chi connectivity index (χ3v) is 5.88. The van der Waals surface area contributed by atoms with Crippen molar-refractivity contribution in [2.24, 2.45) is 0 Å². The molecule has 0 aliphatic carbocycles. The molecular weight excluding hydrogens is 381 g/mol. The van der Waals surface area contributed by atoms with Gasteiger partial charge in [0.25, 0.3) is 5.56 Å². The van der Waals surface area contributed by atoms with Crippen LogP contribution in [0.2, 0.25) is 0 Å². The molecule has 0 N–H and O–H groups in total. The van der Waals surface area contributed by atoms with Crippen molar-refractivity contribution in [3.05, 3.63) is 93.7 Å². The van der Waals surface area contributed by atoms with Crippen molar-refractivity contribution < 1.29 is 4.39 Å². The minimum Gasteiger partial charge on any atom is -0.267 e. The molecule has 0 saturated heterocycles. The lowest BCUT2D eigenvalue weighted by Gasteiger charge is -1.96. The van der Waals surface area contributed by atoms with Crippen molar-refractivity contribution in [1.82, 2.24) is 14.6 Å². The summed E-state index contributed by atoms with van der Waals surface area (Å²) in [6.45, 7) is 0. The van der Waals surface area contributed by atoms with E-state index in [2.05, 4.69) is 22.2 Å². The van der Waals surface area contributed by atoms with Crippen LogP contribution in [-0.4, -0.2) is 14.6 Å². The van der Waals surface area contributed by atoms with E-state index in [0.717, 1.165) is 15.7 Å². The molecule has 7 heteroatoms. The molecule has 0 aliphatic heterocycles. The van der Waals surface area contributed by atoms with Gasteiger partial charge in [-0.25, -0.2) is 9.37 Å². The summed E-state index contributed by atoms with van der Waals surface area (Å²) in [7, 11) is 0. The fourth-order valence-electron chi connectivity index (χ4n) is 2.43. The number of halogens is 1. The molecule has 0 spiro atoms. The first-order chi connectivity index (χ1) is 13.2. The molecule has 4 rings (SSSR count). The summed E-state index contributed by atoms with van der Waals surface area (Å²) < 4.78 is 15.1. The number of nitrogens with zero attached hydrogens (tertiary/aromatic N) is 3. The topological polar surface area (TPSA) is 47.3 Å². The largest absolute Gasteiger partial charge is 0.275 e. The van der Waals surface area contributed by atoms with Gasteiger partial charge in [0.1, 0.15) is 5.82 Å². The standard InChI is InChI=1S/C20H14FN3OS2/c21-16-9-6-14(7-10-16)8-11-17-12-18(25)24-19(22-17)27-20(23-24)26-13-15-4-2-1-3-5-15/h1-12H,13H2/b11-8+. The average molecular weight is 395 g/mol. The fraction of sp³-hybridized carbons (Fsp3) is 0.0500. The highest BCUT2D eigenvalue weighted by Crippen LogP contribution is 2.26. The van der Waals surface area contributed by atoms with E-state index in [4.69, 9.17) is 0 Å². The molecule has 0 radical (unpaired) electrons. The van der Waals surface area contributed by atoms with Crippen LogP contribution >= 0.6 is 23.1 Å². The van der Waals surface area contributed by atoms with E-state index in [1.165, 1.54) is 39.6 Å². The Morgan fingerprint density at radius 3 is 2.63 bits per heavy atom. The number of thioether (sulfide) groups is 1. The Kier molecular flexibility index (Phi) is 5.13. The van der Waals surface area contributed by atoms with Gasteiger partial charge in [0.2, 0.25) is 4.96 Å². The Bertz CT molecular complexity index is 1150. The van der Waals surface area contributed by atoms with Crippen molar-refractivity contribution in [2.75, 3.05) is 0 Å². The summed E-state index contributed by atoms with van der Waals surface area (Å²) in [4.78, 5) is 17.4. The molecule has 2 aromatic carbocycles. The van der Waals surface area contributed by atoms with Gasteiger partial charge >= 0.3 is 0 Å². The molecule has 0 bridgehead atoms. The zero-order valence-corrected chi connectivity index (χ0v) is 15.7. The first-order valence-corrected chi connectivity index (χ1v) is 9.99. The lowest BCUT2D eigenvalue weighted by Crippen LogP contribution is -2.14. The molecule has 4 nitrogen and oxygen atoms in total. The molecular formula is C20H14FN3OS2. The highest BCUT2D eigenvalue weighted by atomic mass is 32.2. The lowest BCUT2D eigenvalue weighted by molar-refractivity contribution is 0.628. The van der Waals surface area contributed by atoms with Gasteiger partial charge in [-0.3, -0.25) is 4.79 Å². The molecule has 0 atom stereocenters. The summed E-state index contributed by atoms with van der Waals surface area (Å²) in [6.07, 6.45) is 3.54. The van der Waals surface area contributed by atoms with Crippen LogP contribution in [-0.2, 0) is 5.75 Å². The number of fused-ring (bicyclic) bond motifs is 1. The van der Waals surface area contributed by atoms with E-state index >= 15 is 0 Å². The van der Waals surface area contributed by atoms with E-state index in [9.17, 15) is 9.18 Å². The third-order valence-electron chi connectivity index (χ3n) is 3.77. The van der Waals surface area contributed by atoms with Crippen molar-refractivity contribution in [3.63, 3.8) is 0 Å². The van der Waals surface area contributed by atoms with Crippen LogP contribution in [0.1, 0.15) is 16.8 Å². The third kappa shape index (κ3) is 4.32. The van der Waals surface area contributed by atoms with Crippen LogP contribution in [0.4, 0.5) is 4.39 Å². The SMILES string of the molecule is O=c1cc(/C=C/c2ccc(F)cc2)nc2sc(SCc3ccccc3)nn12. The second-order valence-electron chi connectivity index (χ2n) is 5.74. The Hall–Kier alpha value is -2.77. The van der Waals surface area contributed by atoms with Gasteiger partial charge in [-0.05, 0) is 29.3 Å². The van der Waals surface area contributed by atoms with E-state index in [0.29, 0.717) is 10.7 Å². The van der Waals surface area contributed by atoms with Crippen LogP contribution < -0.4 is 5.56 Å². The smallest absolute Gasteiger partial charge is 0.267 e. The van der Waals surface area contributed by atoms with Crippen LogP contribution in [0.5, 0.6) is 0 Å². The molecule has 0 aliphatic rings. The molecule has 2 heterocycles. The maximum absolute atomic E-state index is 13.0. The zero-order chi connectivity index (χ0) is 18.6. The van der Waals surface area contributed by atoms with Gasteiger partial charge in [-0.15, -0.1) is 5.10 Å². The first kappa shape index (κ1) is 17.6. The Morgan fingerprint density at radius 2 is 1.85 bits per heavy atom. The van der Waals surface area contributed by atoms with Crippen LogP contribution in [0.15, 0.2) is 69.8 Å². The second kappa shape index (κ2) is 7.85. The summed E-state index contributed by atoms with van der Waals surface area (Å²) in [5.41, 5.74) is 2.36. The van der Waals surface area contributed by atoms with Gasteiger partial charge in [0.05, 0.1) is 5.69 Å². The summed E-state index contributed by atoms with van der Waals surface area (Å²) in [5.74, 6) is 0.502. The lowest BCUT2D eigenvalue weighted by atomic mass is 10.2. The molecule has 2 aromatic heterocycles. The Balaban J connectivity index is 1.56. The molecule has 0 amide bonds. The number of hydrogen-bond acceptors (Lipinski definition) is 5. The molecule has 4 aromatic rings. The zero-order valence-electron chi connectivity index (χ0n) is 14.1. The van der Waals surface area contributed by atoms with Crippen LogP contribution in [0, 0.1) is 5.82 Å². The van der Waals surface area contributed by atoms with Gasteiger partial charge in [0, 0.05) is 11.8 Å². The molecule has 0 unspecified atom stereocenters. The van der Waals surface area contributed by atoms with Crippen molar-refractivity contribution in [2.45, 2.75) is 10.1 Å². The van der Waals surface area contributed by atoms with Crippen molar-refractivity contribution >= 4 is 40.2 Å². The fourth-order valence-corrected chi connectivity index (χ4v) is 4.33. The van der Waals surface area contributed by atoms with E-state index in [1.54, 1.807) is 36.0 Å². The minimum atomic E-state index is -0.282. The summed E-state index contributed by atoms with van der Waals surface area (Å²) in [6, 6.07) is 17.7. The van der Waals surface area contributed by atoms with Gasteiger partial charge < -0.3 is 0 Å². The van der Waals surface area contributed by atoms with Crippen molar-refractivity contribution in [3.8, 4) is 0 Å². The molecule has 134 valence electrons. The summed E-state index contributed by atoms with van der Waals surface area (Å²) in [5, 5.41) is 4.35. The Morgan fingerprint density at radius 1 is 1.07 bits per heavy atom. The van der Waals surface area contributed by atoms with E-state index < -0.39 is 0 Å². The number of hydrogen-bond donors (Lipinski definition) is 0. The van der Waals surface area contributed by atoms with Gasteiger partial charge in [-0.2, -0.15) is 4.52 Å². The molecule has 27 heavy (non-hydrogen) atoms. The number of benzene rings is 2. The van der Waals surface area contributed by atoms with Gasteiger partial charge in [-0.1, -0.05) is 71.6 Å². The first-order valence-electron chi connectivity index (χ1n) is 8.19. The molecule has 0 saturated carbocycles. The predicted octanol–water partition coefficient (Wildman–Crippen LogP) is 4.75. The predicted molar refractivity (Wildman–Crippen MR) is 108 cm³/mol. The summed E-state index contributed by atoms with van der Waals surface area (Å²) >= 11 is 2.97. The van der Waals surface area contributed by atoms with E-state index in [1.807, 2.05) is 18.2 Å². The maximum atomic E-state index is 13.0. The van der Waals surface area contributed by atoms with Crippen LogP contribution in [0.25, 0.3) is 17.1 Å². The highest BCUT2D eigenvalue weighted by Gasteiger charge is 2.09. The van der Waals surface area contributed by atoms with E-state index in [-0.39, 0.29) is 11.4 Å². The average Bonchev–Trinajstić information content (AvgIpc) is 3.10. The quantitative estimate of drug-likeness (QED) is 0.458. The highest BCUT2D eigenvalue weighted by molar-refractivity contribution is 8.00.